The van der Waals surface area contributed by atoms with Gasteiger partial charge >= 0.3 is 0 Å². The number of ether oxygens (including phenoxy) is 1. The van der Waals surface area contributed by atoms with Gasteiger partial charge in [-0.2, -0.15) is 0 Å². The highest BCUT2D eigenvalue weighted by molar-refractivity contribution is 7.10. The maximum absolute atomic E-state index is 5.41. The van der Waals surface area contributed by atoms with Gasteiger partial charge in [0.05, 0.1) is 0 Å². The maximum Gasteiger partial charge on any atom is 0.0468 e. The topological polar surface area (TPSA) is 21.3 Å². The summed E-state index contributed by atoms with van der Waals surface area (Å²) in [7, 11) is 2.07. The van der Waals surface area contributed by atoms with Crippen LogP contribution >= 0.6 is 11.3 Å². The quantitative estimate of drug-likeness (QED) is 0.871. The third kappa shape index (κ3) is 2.84. The molecule has 3 heteroatoms. The van der Waals surface area contributed by atoms with Crippen molar-refractivity contribution in [2.75, 3.05) is 20.3 Å². The minimum absolute atomic E-state index is 0.531. The molecule has 0 saturated carbocycles. The fraction of sp³-hybridized carbons (Fsp3) is 0.692. The average Bonchev–Trinajstić information content (AvgIpc) is 2.74. The molecule has 1 saturated heterocycles. The molecule has 1 N–H and O–H groups in total. The summed E-state index contributed by atoms with van der Waals surface area (Å²) in [6.07, 6.45) is 3.70. The fourth-order valence-corrected chi connectivity index (χ4v) is 3.46. The van der Waals surface area contributed by atoms with Crippen molar-refractivity contribution >= 4 is 11.3 Å². The molecular weight excluding hydrogens is 218 g/mol. The number of rotatable bonds is 4. The van der Waals surface area contributed by atoms with Crippen LogP contribution in [-0.2, 0) is 4.74 Å². The highest BCUT2D eigenvalue weighted by atomic mass is 32.1. The van der Waals surface area contributed by atoms with Crippen LogP contribution < -0.4 is 5.32 Å². The first kappa shape index (κ1) is 12.1. The van der Waals surface area contributed by atoms with Gasteiger partial charge in [0.15, 0.2) is 0 Å². The second-order valence-corrected chi connectivity index (χ2v) is 5.55. The standard InChI is InChI=1S/C13H21NOS/c1-10-5-8-16-13(10)12(14-2)9-11-3-6-15-7-4-11/h5,8,11-12,14H,3-4,6-7,9H2,1-2H3. The summed E-state index contributed by atoms with van der Waals surface area (Å²) in [6, 6.07) is 2.75. The van der Waals surface area contributed by atoms with Crippen molar-refractivity contribution in [3.05, 3.63) is 21.9 Å². The highest BCUT2D eigenvalue weighted by Gasteiger charge is 2.21. The summed E-state index contributed by atoms with van der Waals surface area (Å²) in [5.74, 6) is 0.827. The van der Waals surface area contributed by atoms with Crippen molar-refractivity contribution in [1.29, 1.82) is 0 Å². The third-order valence-electron chi connectivity index (χ3n) is 3.48. The average molecular weight is 239 g/mol. The molecule has 2 rings (SSSR count). The zero-order chi connectivity index (χ0) is 11.4. The third-order valence-corrected chi connectivity index (χ3v) is 4.61. The van der Waals surface area contributed by atoms with Gasteiger partial charge in [0.1, 0.15) is 0 Å². The molecule has 1 aromatic heterocycles. The Bertz CT molecular complexity index is 317. The lowest BCUT2D eigenvalue weighted by molar-refractivity contribution is 0.0609. The van der Waals surface area contributed by atoms with E-state index in [1.807, 2.05) is 11.3 Å². The Morgan fingerprint density at radius 3 is 2.81 bits per heavy atom. The molecule has 0 bridgehead atoms. The molecule has 2 heterocycles. The highest BCUT2D eigenvalue weighted by Crippen LogP contribution is 2.31. The van der Waals surface area contributed by atoms with E-state index >= 15 is 0 Å². The molecule has 1 atom stereocenters. The van der Waals surface area contributed by atoms with Crippen molar-refractivity contribution < 1.29 is 4.74 Å². The smallest absolute Gasteiger partial charge is 0.0468 e. The molecule has 1 aromatic rings. The van der Waals surface area contributed by atoms with Gasteiger partial charge in [-0.25, -0.2) is 0 Å². The molecule has 1 fully saturated rings. The van der Waals surface area contributed by atoms with E-state index < -0.39 is 0 Å². The SMILES string of the molecule is CNC(CC1CCOCC1)c1sccc1C. The van der Waals surface area contributed by atoms with E-state index in [2.05, 4.69) is 30.7 Å². The number of nitrogens with one attached hydrogen (secondary N) is 1. The molecular formula is C13H21NOS. The Labute approximate surface area is 102 Å². The van der Waals surface area contributed by atoms with Crippen LogP contribution in [0.25, 0.3) is 0 Å². The van der Waals surface area contributed by atoms with Gasteiger partial charge in [0.25, 0.3) is 0 Å². The maximum atomic E-state index is 5.41. The molecule has 1 aliphatic heterocycles. The molecule has 0 aliphatic carbocycles. The molecule has 0 amide bonds. The number of hydrogen-bond donors (Lipinski definition) is 1. The first-order chi connectivity index (χ1) is 7.81. The van der Waals surface area contributed by atoms with Crippen LogP contribution in [0.3, 0.4) is 0 Å². The minimum Gasteiger partial charge on any atom is -0.381 e. The van der Waals surface area contributed by atoms with Gasteiger partial charge < -0.3 is 10.1 Å². The van der Waals surface area contributed by atoms with E-state index in [1.165, 1.54) is 29.7 Å². The van der Waals surface area contributed by atoms with Crippen LogP contribution in [0, 0.1) is 12.8 Å². The molecule has 0 spiro atoms. The van der Waals surface area contributed by atoms with Gasteiger partial charge in [-0.3, -0.25) is 0 Å². The summed E-state index contributed by atoms with van der Waals surface area (Å²) in [4.78, 5) is 1.51. The lowest BCUT2D eigenvalue weighted by Crippen LogP contribution is -2.23. The summed E-state index contributed by atoms with van der Waals surface area (Å²) < 4.78 is 5.41. The van der Waals surface area contributed by atoms with E-state index in [4.69, 9.17) is 4.74 Å². The van der Waals surface area contributed by atoms with Gasteiger partial charge in [-0.05, 0) is 56.2 Å². The molecule has 0 aromatic carbocycles. The summed E-state index contributed by atoms with van der Waals surface area (Å²) in [6.45, 7) is 4.11. The Hall–Kier alpha value is -0.380. The Balaban J connectivity index is 1.97. The first-order valence-electron chi connectivity index (χ1n) is 6.10. The van der Waals surface area contributed by atoms with Gasteiger partial charge in [0, 0.05) is 24.1 Å². The Morgan fingerprint density at radius 2 is 2.25 bits per heavy atom. The Kier molecular flexibility index (Phi) is 4.38. The van der Waals surface area contributed by atoms with E-state index in [0.717, 1.165) is 19.1 Å². The fourth-order valence-electron chi connectivity index (χ4n) is 2.41. The van der Waals surface area contributed by atoms with Crippen LogP contribution in [0.1, 0.15) is 35.7 Å². The summed E-state index contributed by atoms with van der Waals surface area (Å²) in [5.41, 5.74) is 1.43. The molecule has 1 aliphatic rings. The van der Waals surface area contributed by atoms with Crippen molar-refractivity contribution in [1.82, 2.24) is 5.32 Å². The van der Waals surface area contributed by atoms with Crippen LogP contribution in [0.2, 0.25) is 0 Å². The zero-order valence-corrected chi connectivity index (χ0v) is 11.0. The van der Waals surface area contributed by atoms with Crippen molar-refractivity contribution in [2.24, 2.45) is 5.92 Å². The predicted octanol–water partition coefficient (Wildman–Crippen LogP) is 3.13. The summed E-state index contributed by atoms with van der Waals surface area (Å²) >= 11 is 1.88. The lowest BCUT2D eigenvalue weighted by atomic mass is 9.91. The van der Waals surface area contributed by atoms with Crippen LogP contribution in [0.4, 0.5) is 0 Å². The van der Waals surface area contributed by atoms with Gasteiger partial charge in [0.2, 0.25) is 0 Å². The van der Waals surface area contributed by atoms with Crippen LogP contribution in [-0.4, -0.2) is 20.3 Å². The van der Waals surface area contributed by atoms with Crippen molar-refractivity contribution in [2.45, 2.75) is 32.2 Å². The molecule has 90 valence electrons. The number of aryl methyl sites for hydroxylation is 1. The molecule has 16 heavy (non-hydrogen) atoms. The molecule has 1 unspecified atom stereocenters. The molecule has 0 radical (unpaired) electrons. The monoisotopic (exact) mass is 239 g/mol. The number of thiophene rings is 1. The minimum atomic E-state index is 0.531. The largest absolute Gasteiger partial charge is 0.381 e. The normalized spacial score (nSPS) is 19.9. The van der Waals surface area contributed by atoms with E-state index in [0.29, 0.717) is 6.04 Å². The second kappa shape index (κ2) is 5.80. The van der Waals surface area contributed by atoms with Crippen molar-refractivity contribution in [3.8, 4) is 0 Å². The first-order valence-corrected chi connectivity index (χ1v) is 6.98. The zero-order valence-electron chi connectivity index (χ0n) is 10.2. The van der Waals surface area contributed by atoms with E-state index in [9.17, 15) is 0 Å². The van der Waals surface area contributed by atoms with Crippen molar-refractivity contribution in [3.63, 3.8) is 0 Å². The van der Waals surface area contributed by atoms with Crippen LogP contribution in [0.15, 0.2) is 11.4 Å². The lowest BCUT2D eigenvalue weighted by Gasteiger charge is -2.26. The van der Waals surface area contributed by atoms with E-state index in [-0.39, 0.29) is 0 Å². The van der Waals surface area contributed by atoms with E-state index in [1.54, 1.807) is 0 Å². The summed E-state index contributed by atoms with van der Waals surface area (Å²) in [5, 5.41) is 5.66. The van der Waals surface area contributed by atoms with Crippen LogP contribution in [0.5, 0.6) is 0 Å². The predicted molar refractivity (Wildman–Crippen MR) is 69.0 cm³/mol. The van der Waals surface area contributed by atoms with Gasteiger partial charge in [-0.15, -0.1) is 11.3 Å². The Morgan fingerprint density at radius 1 is 1.50 bits per heavy atom. The second-order valence-electron chi connectivity index (χ2n) is 4.60. The molecule has 2 nitrogen and oxygen atoms in total. The number of hydrogen-bond acceptors (Lipinski definition) is 3. The van der Waals surface area contributed by atoms with Gasteiger partial charge in [-0.1, -0.05) is 0 Å².